The second kappa shape index (κ2) is 7.84. The SMILES string of the molecule is Cc1ccc(CNC(=O)Nc2ccc(OCC(N)=O)cc2)cc1. The molecule has 6 heteroatoms. The molecule has 2 rings (SSSR count). The van der Waals surface area contributed by atoms with Crippen LogP contribution in [0.15, 0.2) is 48.5 Å². The Bertz CT molecular complexity index is 666. The summed E-state index contributed by atoms with van der Waals surface area (Å²) in [5.41, 5.74) is 7.83. The minimum absolute atomic E-state index is 0.177. The first-order valence-electron chi connectivity index (χ1n) is 7.14. The van der Waals surface area contributed by atoms with E-state index in [1.54, 1.807) is 24.3 Å². The Morgan fingerprint density at radius 2 is 1.70 bits per heavy atom. The van der Waals surface area contributed by atoms with Gasteiger partial charge in [-0.15, -0.1) is 0 Å². The van der Waals surface area contributed by atoms with Gasteiger partial charge in [0.25, 0.3) is 5.91 Å². The lowest BCUT2D eigenvalue weighted by Gasteiger charge is -2.09. The molecule has 0 radical (unpaired) electrons. The largest absolute Gasteiger partial charge is 0.484 e. The average Bonchev–Trinajstić information content (AvgIpc) is 2.53. The van der Waals surface area contributed by atoms with Crippen molar-refractivity contribution in [2.45, 2.75) is 13.5 Å². The van der Waals surface area contributed by atoms with E-state index < -0.39 is 5.91 Å². The minimum Gasteiger partial charge on any atom is -0.484 e. The number of nitrogens with one attached hydrogen (secondary N) is 2. The highest BCUT2D eigenvalue weighted by atomic mass is 16.5. The quantitative estimate of drug-likeness (QED) is 0.763. The number of anilines is 1. The molecule has 0 saturated carbocycles. The van der Waals surface area contributed by atoms with E-state index >= 15 is 0 Å². The molecular formula is C17H19N3O3. The molecule has 0 aliphatic heterocycles. The van der Waals surface area contributed by atoms with Crippen molar-refractivity contribution in [1.82, 2.24) is 5.32 Å². The molecule has 0 spiro atoms. The van der Waals surface area contributed by atoms with Gasteiger partial charge in [-0.1, -0.05) is 29.8 Å². The number of carbonyl (C=O) groups is 2. The maximum Gasteiger partial charge on any atom is 0.319 e. The molecule has 0 heterocycles. The second-order valence-electron chi connectivity index (χ2n) is 5.07. The highest BCUT2D eigenvalue weighted by Crippen LogP contribution is 2.15. The van der Waals surface area contributed by atoms with Crippen molar-refractivity contribution in [2.75, 3.05) is 11.9 Å². The van der Waals surface area contributed by atoms with E-state index in [-0.39, 0.29) is 12.6 Å². The van der Waals surface area contributed by atoms with Gasteiger partial charge in [0.15, 0.2) is 6.61 Å². The van der Waals surface area contributed by atoms with E-state index in [4.69, 9.17) is 10.5 Å². The minimum atomic E-state index is -0.539. The number of benzene rings is 2. The number of amides is 3. The van der Waals surface area contributed by atoms with Crippen LogP contribution in [-0.4, -0.2) is 18.5 Å². The highest BCUT2D eigenvalue weighted by molar-refractivity contribution is 5.89. The zero-order valence-corrected chi connectivity index (χ0v) is 12.8. The number of ether oxygens (including phenoxy) is 1. The van der Waals surface area contributed by atoms with Crippen LogP contribution in [0.25, 0.3) is 0 Å². The average molecular weight is 313 g/mol. The van der Waals surface area contributed by atoms with E-state index in [9.17, 15) is 9.59 Å². The number of nitrogens with two attached hydrogens (primary N) is 1. The predicted octanol–water partition coefficient (Wildman–Crippen LogP) is 2.18. The van der Waals surface area contributed by atoms with Gasteiger partial charge >= 0.3 is 6.03 Å². The maximum atomic E-state index is 11.8. The Kier molecular flexibility index (Phi) is 5.57. The summed E-state index contributed by atoms with van der Waals surface area (Å²) < 4.78 is 5.14. The topological polar surface area (TPSA) is 93.4 Å². The normalized spacial score (nSPS) is 9.96. The summed E-state index contributed by atoms with van der Waals surface area (Å²) >= 11 is 0. The number of carbonyl (C=O) groups excluding carboxylic acids is 2. The Labute approximate surface area is 134 Å². The van der Waals surface area contributed by atoms with E-state index in [2.05, 4.69) is 10.6 Å². The Morgan fingerprint density at radius 3 is 2.30 bits per heavy atom. The van der Waals surface area contributed by atoms with Crippen LogP contribution in [0, 0.1) is 6.92 Å². The molecule has 6 nitrogen and oxygen atoms in total. The van der Waals surface area contributed by atoms with Crippen molar-refractivity contribution in [1.29, 1.82) is 0 Å². The lowest BCUT2D eigenvalue weighted by atomic mass is 10.1. The predicted molar refractivity (Wildman–Crippen MR) is 88.2 cm³/mol. The Morgan fingerprint density at radius 1 is 1.04 bits per heavy atom. The van der Waals surface area contributed by atoms with Crippen molar-refractivity contribution in [3.05, 3.63) is 59.7 Å². The number of urea groups is 1. The summed E-state index contributed by atoms with van der Waals surface area (Å²) in [6.45, 7) is 2.29. The van der Waals surface area contributed by atoms with E-state index in [0.29, 0.717) is 18.0 Å². The molecule has 0 aliphatic carbocycles. The van der Waals surface area contributed by atoms with Crippen LogP contribution in [0.2, 0.25) is 0 Å². The van der Waals surface area contributed by atoms with Gasteiger partial charge in [0.05, 0.1) is 0 Å². The summed E-state index contributed by atoms with van der Waals surface area (Å²) in [7, 11) is 0. The fraction of sp³-hybridized carbons (Fsp3) is 0.176. The van der Waals surface area contributed by atoms with Crippen molar-refractivity contribution in [3.8, 4) is 5.75 Å². The third-order valence-corrected chi connectivity index (χ3v) is 3.07. The zero-order valence-electron chi connectivity index (χ0n) is 12.8. The molecule has 23 heavy (non-hydrogen) atoms. The molecule has 0 unspecified atom stereocenters. The first-order chi connectivity index (χ1) is 11.0. The van der Waals surface area contributed by atoms with Gasteiger partial charge in [0.2, 0.25) is 0 Å². The van der Waals surface area contributed by atoms with Crippen LogP contribution >= 0.6 is 0 Å². The standard InChI is InChI=1S/C17H19N3O3/c1-12-2-4-13(5-3-12)10-19-17(22)20-14-6-8-15(9-7-14)23-11-16(18)21/h2-9H,10-11H2,1H3,(H2,18,21)(H2,19,20,22). The van der Waals surface area contributed by atoms with Crippen LogP contribution in [0.3, 0.4) is 0 Å². The Balaban J connectivity index is 1.80. The lowest BCUT2D eigenvalue weighted by Crippen LogP contribution is -2.28. The Hall–Kier alpha value is -3.02. The van der Waals surface area contributed by atoms with Crippen LogP contribution in [0.5, 0.6) is 5.75 Å². The van der Waals surface area contributed by atoms with Crippen LogP contribution in [0.1, 0.15) is 11.1 Å². The van der Waals surface area contributed by atoms with Gasteiger partial charge in [-0.05, 0) is 36.8 Å². The molecule has 4 N–H and O–H groups in total. The zero-order chi connectivity index (χ0) is 16.7. The molecule has 0 aliphatic rings. The third kappa shape index (κ3) is 5.70. The van der Waals surface area contributed by atoms with Crippen LogP contribution in [-0.2, 0) is 11.3 Å². The first kappa shape index (κ1) is 16.4. The molecule has 2 aromatic rings. The van der Waals surface area contributed by atoms with E-state index in [0.717, 1.165) is 5.56 Å². The molecule has 120 valence electrons. The molecule has 2 aromatic carbocycles. The molecule has 0 saturated heterocycles. The van der Waals surface area contributed by atoms with Gasteiger partial charge in [-0.2, -0.15) is 0 Å². The summed E-state index contributed by atoms with van der Waals surface area (Å²) in [5, 5.41) is 5.50. The monoisotopic (exact) mass is 313 g/mol. The van der Waals surface area contributed by atoms with E-state index in [1.807, 2.05) is 31.2 Å². The number of aryl methyl sites for hydroxylation is 1. The van der Waals surface area contributed by atoms with Crippen LogP contribution in [0.4, 0.5) is 10.5 Å². The van der Waals surface area contributed by atoms with Crippen molar-refractivity contribution in [3.63, 3.8) is 0 Å². The molecule has 0 fully saturated rings. The second-order valence-corrected chi connectivity index (χ2v) is 5.07. The van der Waals surface area contributed by atoms with Gasteiger partial charge in [-0.25, -0.2) is 4.79 Å². The molecular weight excluding hydrogens is 294 g/mol. The van der Waals surface area contributed by atoms with Crippen molar-refractivity contribution >= 4 is 17.6 Å². The molecule has 0 bridgehead atoms. The number of hydrogen-bond donors (Lipinski definition) is 3. The number of hydrogen-bond acceptors (Lipinski definition) is 3. The van der Waals surface area contributed by atoms with Gasteiger partial charge < -0.3 is 21.1 Å². The fourth-order valence-electron chi connectivity index (χ4n) is 1.85. The van der Waals surface area contributed by atoms with Gasteiger partial charge in [0.1, 0.15) is 5.75 Å². The number of rotatable bonds is 6. The lowest BCUT2D eigenvalue weighted by molar-refractivity contribution is -0.119. The van der Waals surface area contributed by atoms with Crippen molar-refractivity contribution < 1.29 is 14.3 Å². The molecule has 0 atom stereocenters. The summed E-state index contributed by atoms with van der Waals surface area (Å²) in [5.74, 6) is -0.0305. The third-order valence-electron chi connectivity index (χ3n) is 3.07. The van der Waals surface area contributed by atoms with E-state index in [1.165, 1.54) is 5.56 Å². The smallest absolute Gasteiger partial charge is 0.319 e. The maximum absolute atomic E-state index is 11.8. The van der Waals surface area contributed by atoms with Gasteiger partial charge in [0, 0.05) is 12.2 Å². The highest BCUT2D eigenvalue weighted by Gasteiger charge is 2.03. The van der Waals surface area contributed by atoms with Gasteiger partial charge in [-0.3, -0.25) is 4.79 Å². The summed E-state index contributed by atoms with van der Waals surface area (Å²) in [6, 6.07) is 14.3. The summed E-state index contributed by atoms with van der Waals surface area (Å²) in [6.07, 6.45) is 0. The number of primary amides is 1. The first-order valence-corrected chi connectivity index (χ1v) is 7.14. The van der Waals surface area contributed by atoms with Crippen LogP contribution < -0.4 is 21.1 Å². The molecule has 3 amide bonds. The van der Waals surface area contributed by atoms with Crippen molar-refractivity contribution in [2.24, 2.45) is 5.73 Å². The molecule has 0 aromatic heterocycles. The summed E-state index contributed by atoms with van der Waals surface area (Å²) in [4.78, 5) is 22.5. The fourth-order valence-corrected chi connectivity index (χ4v) is 1.85.